The maximum Gasteiger partial charge on any atom is 0.293 e. The normalized spacial score (nSPS) is 10.7. The van der Waals surface area contributed by atoms with Crippen molar-refractivity contribution in [3.8, 4) is 22.6 Å². The molecule has 0 fully saturated rings. The summed E-state index contributed by atoms with van der Waals surface area (Å²) in [7, 11) is 0. The van der Waals surface area contributed by atoms with E-state index in [1.807, 2.05) is 0 Å². The van der Waals surface area contributed by atoms with Crippen molar-refractivity contribution in [1.82, 2.24) is 15.0 Å². The molecule has 2 N–H and O–H groups in total. The molecule has 3 aromatic heterocycles. The van der Waals surface area contributed by atoms with Crippen molar-refractivity contribution in [2.45, 2.75) is 0 Å². The molecule has 5 nitrogen and oxygen atoms in total. The number of nitrogens with two attached hydrogens (primary N) is 1. The van der Waals surface area contributed by atoms with Gasteiger partial charge in [0.15, 0.2) is 5.76 Å². The molecule has 0 aliphatic heterocycles. The molecule has 0 aliphatic rings. The summed E-state index contributed by atoms with van der Waals surface area (Å²) >= 11 is 12.2. The lowest BCUT2D eigenvalue weighted by atomic mass is 10.1. The minimum atomic E-state index is 0.0230. The zero-order valence-electron chi connectivity index (χ0n) is 10.0. The Balaban J connectivity index is 2.25. The Labute approximate surface area is 124 Å². The van der Waals surface area contributed by atoms with Gasteiger partial charge in [0.25, 0.3) is 6.01 Å². The zero-order chi connectivity index (χ0) is 14.1. The Bertz CT molecular complexity index is 710. The van der Waals surface area contributed by atoms with Gasteiger partial charge in [-0.2, -0.15) is 4.98 Å². The molecule has 0 radical (unpaired) electrons. The van der Waals surface area contributed by atoms with Crippen LogP contribution in [-0.2, 0) is 0 Å². The smallest absolute Gasteiger partial charge is 0.293 e. The maximum atomic E-state index is 6.09. The highest BCUT2D eigenvalue weighted by atomic mass is 35.5. The van der Waals surface area contributed by atoms with E-state index in [1.54, 1.807) is 36.7 Å². The molecular formula is C13H8Cl2N4O. The third-order valence-corrected chi connectivity index (χ3v) is 3.26. The monoisotopic (exact) mass is 306 g/mol. The summed E-state index contributed by atoms with van der Waals surface area (Å²) in [6.45, 7) is 0. The molecular weight excluding hydrogens is 299 g/mol. The molecule has 3 heterocycles. The predicted molar refractivity (Wildman–Crippen MR) is 77.4 cm³/mol. The number of pyridine rings is 2. The number of aromatic nitrogens is 3. The van der Waals surface area contributed by atoms with E-state index in [2.05, 4.69) is 15.0 Å². The highest BCUT2D eigenvalue weighted by molar-refractivity contribution is 6.33. The van der Waals surface area contributed by atoms with Gasteiger partial charge < -0.3 is 10.2 Å². The highest BCUT2D eigenvalue weighted by Crippen LogP contribution is 2.38. The average molecular weight is 307 g/mol. The predicted octanol–water partition coefficient (Wildman–Crippen LogP) is 3.69. The molecule has 0 saturated carbocycles. The summed E-state index contributed by atoms with van der Waals surface area (Å²) in [5, 5.41) is 0.604. The average Bonchev–Trinajstić information content (AvgIpc) is 2.81. The largest absolute Gasteiger partial charge is 0.423 e. The van der Waals surface area contributed by atoms with E-state index in [0.717, 1.165) is 0 Å². The van der Waals surface area contributed by atoms with Gasteiger partial charge in [-0.25, -0.2) is 9.97 Å². The Morgan fingerprint density at radius 3 is 2.15 bits per heavy atom. The Morgan fingerprint density at radius 1 is 0.950 bits per heavy atom. The van der Waals surface area contributed by atoms with E-state index in [4.69, 9.17) is 33.4 Å². The van der Waals surface area contributed by atoms with Gasteiger partial charge in [0.1, 0.15) is 16.0 Å². The van der Waals surface area contributed by atoms with Crippen molar-refractivity contribution in [2.24, 2.45) is 0 Å². The number of hydrogen-bond donors (Lipinski definition) is 1. The van der Waals surface area contributed by atoms with E-state index < -0.39 is 0 Å². The standard InChI is InChI=1S/C13H8Cl2N4O/c14-11-7(3-1-5-17-11)9-10(20-13(16)19-9)8-4-2-6-18-12(8)15/h1-6H,(H2,16,19). The van der Waals surface area contributed by atoms with E-state index in [1.165, 1.54) is 0 Å². The first-order valence-electron chi connectivity index (χ1n) is 5.65. The van der Waals surface area contributed by atoms with Crippen LogP contribution in [0.25, 0.3) is 22.6 Å². The fourth-order valence-electron chi connectivity index (χ4n) is 1.82. The molecule has 20 heavy (non-hydrogen) atoms. The molecule has 0 amide bonds. The van der Waals surface area contributed by atoms with Gasteiger partial charge in [-0.1, -0.05) is 23.2 Å². The van der Waals surface area contributed by atoms with Crippen molar-refractivity contribution >= 4 is 29.2 Å². The van der Waals surface area contributed by atoms with E-state index in [0.29, 0.717) is 32.9 Å². The van der Waals surface area contributed by atoms with Crippen LogP contribution in [0.4, 0.5) is 6.01 Å². The lowest BCUT2D eigenvalue weighted by molar-refractivity contribution is 0.595. The van der Waals surface area contributed by atoms with Crippen LogP contribution in [0.2, 0.25) is 10.3 Å². The van der Waals surface area contributed by atoms with E-state index in [-0.39, 0.29) is 6.01 Å². The van der Waals surface area contributed by atoms with Crippen LogP contribution in [0.3, 0.4) is 0 Å². The van der Waals surface area contributed by atoms with Crippen molar-refractivity contribution in [3.63, 3.8) is 0 Å². The van der Waals surface area contributed by atoms with E-state index >= 15 is 0 Å². The van der Waals surface area contributed by atoms with Crippen LogP contribution in [0.5, 0.6) is 0 Å². The summed E-state index contributed by atoms with van der Waals surface area (Å²) in [6, 6.07) is 7.06. The van der Waals surface area contributed by atoms with Crippen molar-refractivity contribution in [1.29, 1.82) is 0 Å². The Hall–Kier alpha value is -2.11. The van der Waals surface area contributed by atoms with Gasteiger partial charge in [0, 0.05) is 18.0 Å². The van der Waals surface area contributed by atoms with Crippen molar-refractivity contribution in [2.75, 3.05) is 5.73 Å². The number of rotatable bonds is 2. The second-order valence-electron chi connectivity index (χ2n) is 3.91. The quantitative estimate of drug-likeness (QED) is 0.731. The molecule has 0 unspecified atom stereocenters. The summed E-state index contributed by atoms with van der Waals surface area (Å²) in [4.78, 5) is 12.2. The second-order valence-corrected chi connectivity index (χ2v) is 4.63. The minimum absolute atomic E-state index is 0.0230. The van der Waals surface area contributed by atoms with Crippen molar-refractivity contribution in [3.05, 3.63) is 47.0 Å². The summed E-state index contributed by atoms with van der Waals surface area (Å²) < 4.78 is 5.45. The fraction of sp³-hybridized carbons (Fsp3) is 0. The first-order chi connectivity index (χ1) is 9.66. The fourth-order valence-corrected chi connectivity index (χ4v) is 2.23. The van der Waals surface area contributed by atoms with Gasteiger partial charge in [-0.3, -0.25) is 0 Å². The van der Waals surface area contributed by atoms with Gasteiger partial charge in [0.2, 0.25) is 0 Å². The molecule has 0 spiro atoms. The van der Waals surface area contributed by atoms with Gasteiger partial charge >= 0.3 is 0 Å². The van der Waals surface area contributed by atoms with Gasteiger partial charge in [-0.05, 0) is 24.3 Å². The number of halogens is 2. The van der Waals surface area contributed by atoms with E-state index in [9.17, 15) is 0 Å². The molecule has 3 aromatic rings. The zero-order valence-corrected chi connectivity index (χ0v) is 11.6. The lowest BCUT2D eigenvalue weighted by Gasteiger charge is -2.03. The van der Waals surface area contributed by atoms with Crippen LogP contribution in [-0.4, -0.2) is 15.0 Å². The molecule has 0 atom stereocenters. The minimum Gasteiger partial charge on any atom is -0.423 e. The van der Waals surface area contributed by atoms with Crippen LogP contribution in [0.1, 0.15) is 0 Å². The molecule has 3 rings (SSSR count). The van der Waals surface area contributed by atoms with Crippen LogP contribution >= 0.6 is 23.2 Å². The highest BCUT2D eigenvalue weighted by Gasteiger charge is 2.20. The third-order valence-electron chi connectivity index (χ3n) is 2.66. The maximum absolute atomic E-state index is 6.09. The van der Waals surface area contributed by atoms with Crippen LogP contribution in [0.15, 0.2) is 41.1 Å². The number of oxazole rings is 1. The summed E-state index contributed by atoms with van der Waals surface area (Å²) in [6.07, 6.45) is 3.17. The van der Waals surface area contributed by atoms with Gasteiger partial charge in [-0.15, -0.1) is 0 Å². The third kappa shape index (κ3) is 2.21. The summed E-state index contributed by atoms with van der Waals surface area (Å²) in [5.41, 5.74) is 7.34. The Kier molecular flexibility index (Phi) is 3.30. The topological polar surface area (TPSA) is 77.8 Å². The van der Waals surface area contributed by atoms with Gasteiger partial charge in [0.05, 0.1) is 5.56 Å². The molecule has 7 heteroatoms. The number of anilines is 1. The van der Waals surface area contributed by atoms with Crippen molar-refractivity contribution < 1.29 is 4.42 Å². The molecule has 0 saturated heterocycles. The second kappa shape index (κ2) is 5.11. The first-order valence-corrected chi connectivity index (χ1v) is 6.40. The lowest BCUT2D eigenvalue weighted by Crippen LogP contribution is -1.88. The number of hydrogen-bond acceptors (Lipinski definition) is 5. The molecule has 0 bridgehead atoms. The van der Waals surface area contributed by atoms with Crippen LogP contribution in [0, 0.1) is 0 Å². The molecule has 0 aliphatic carbocycles. The molecule has 0 aromatic carbocycles. The first kappa shape index (κ1) is 12.9. The van der Waals surface area contributed by atoms with Crippen LogP contribution < -0.4 is 5.73 Å². The number of nitrogen functional groups attached to an aromatic ring is 1. The molecule has 100 valence electrons. The SMILES string of the molecule is Nc1nc(-c2cccnc2Cl)c(-c2cccnc2Cl)o1. The summed E-state index contributed by atoms with van der Waals surface area (Å²) in [5.74, 6) is 0.413. The Morgan fingerprint density at radius 2 is 1.55 bits per heavy atom. The number of nitrogens with zero attached hydrogens (tertiary/aromatic N) is 3.